The summed E-state index contributed by atoms with van der Waals surface area (Å²) in [7, 11) is 3.21. The molecule has 1 amide bonds. The first-order chi connectivity index (χ1) is 15.2. The smallest absolute Gasteiger partial charge is 0.257 e. The molecule has 1 aromatic heterocycles. The van der Waals surface area contributed by atoms with Crippen molar-refractivity contribution in [1.29, 1.82) is 0 Å². The van der Waals surface area contributed by atoms with Gasteiger partial charge in [-0.3, -0.25) is 10.1 Å². The number of nitrogens with zero attached hydrogens (tertiary/aromatic N) is 1. The van der Waals surface area contributed by atoms with Crippen molar-refractivity contribution in [2.45, 2.75) is 9.79 Å². The Balaban J connectivity index is 1.44. The van der Waals surface area contributed by atoms with Crippen molar-refractivity contribution in [2.75, 3.05) is 19.5 Å². The van der Waals surface area contributed by atoms with Crippen molar-refractivity contribution >= 4 is 34.1 Å². The molecule has 0 saturated heterocycles. The van der Waals surface area contributed by atoms with Gasteiger partial charge in [0.15, 0.2) is 5.13 Å². The number of benzene rings is 3. The van der Waals surface area contributed by atoms with Crippen LogP contribution in [0.25, 0.3) is 11.3 Å². The van der Waals surface area contributed by atoms with E-state index in [4.69, 9.17) is 9.47 Å². The highest BCUT2D eigenvalue weighted by Gasteiger charge is 2.13. The third-order valence-electron chi connectivity index (χ3n) is 4.50. The molecule has 4 rings (SSSR count). The van der Waals surface area contributed by atoms with E-state index in [0.29, 0.717) is 22.2 Å². The van der Waals surface area contributed by atoms with Crippen LogP contribution >= 0.6 is 23.1 Å². The summed E-state index contributed by atoms with van der Waals surface area (Å²) in [4.78, 5) is 19.4. The van der Waals surface area contributed by atoms with Crippen LogP contribution in [-0.2, 0) is 0 Å². The van der Waals surface area contributed by atoms with Gasteiger partial charge in [0.1, 0.15) is 11.5 Å². The fourth-order valence-electron chi connectivity index (χ4n) is 2.93. The molecule has 5 nitrogen and oxygen atoms in total. The highest BCUT2D eigenvalue weighted by molar-refractivity contribution is 7.99. The molecule has 0 fully saturated rings. The van der Waals surface area contributed by atoms with Gasteiger partial charge >= 0.3 is 0 Å². The lowest BCUT2D eigenvalue weighted by molar-refractivity contribution is 0.102. The Labute approximate surface area is 189 Å². The van der Waals surface area contributed by atoms with Gasteiger partial charge in [0.25, 0.3) is 5.91 Å². The largest absolute Gasteiger partial charge is 0.497 e. The number of rotatable bonds is 7. The topological polar surface area (TPSA) is 60.5 Å². The minimum atomic E-state index is -0.196. The molecule has 3 aromatic carbocycles. The Morgan fingerprint density at radius 1 is 0.935 bits per heavy atom. The molecule has 7 heteroatoms. The van der Waals surface area contributed by atoms with Gasteiger partial charge in [0, 0.05) is 32.4 Å². The molecule has 0 spiro atoms. The lowest BCUT2D eigenvalue weighted by Crippen LogP contribution is -2.11. The SMILES string of the molecule is COc1ccc(-c2csc(NC(=O)c3ccc(Sc4ccccc4)cc3)n2)c(OC)c1. The molecular formula is C24H20N2O3S2. The second kappa shape index (κ2) is 9.68. The lowest BCUT2D eigenvalue weighted by Gasteiger charge is -2.08. The Bertz CT molecular complexity index is 1180. The van der Waals surface area contributed by atoms with Crippen molar-refractivity contribution in [3.63, 3.8) is 0 Å². The van der Waals surface area contributed by atoms with E-state index in [1.165, 1.54) is 11.3 Å². The summed E-state index contributed by atoms with van der Waals surface area (Å²) in [5.41, 5.74) is 2.15. The van der Waals surface area contributed by atoms with Crippen LogP contribution in [0.1, 0.15) is 10.4 Å². The van der Waals surface area contributed by atoms with Crippen LogP contribution in [0.2, 0.25) is 0 Å². The molecule has 156 valence electrons. The molecule has 4 aromatic rings. The van der Waals surface area contributed by atoms with Crippen LogP contribution in [0.4, 0.5) is 5.13 Å². The zero-order chi connectivity index (χ0) is 21.6. The van der Waals surface area contributed by atoms with E-state index < -0.39 is 0 Å². The summed E-state index contributed by atoms with van der Waals surface area (Å²) in [5.74, 6) is 1.17. The standard InChI is InChI=1S/C24H20N2O3S2/c1-28-17-10-13-20(22(14-17)29-2)21-15-30-24(25-21)26-23(27)16-8-11-19(12-9-16)31-18-6-4-3-5-7-18/h3-15H,1-2H3,(H,25,26,27). The van der Waals surface area contributed by atoms with Crippen LogP contribution in [0.3, 0.4) is 0 Å². The summed E-state index contributed by atoms with van der Waals surface area (Å²) >= 11 is 3.02. The number of methoxy groups -OCH3 is 2. The fraction of sp³-hybridized carbons (Fsp3) is 0.0833. The minimum absolute atomic E-state index is 0.196. The van der Waals surface area contributed by atoms with Crippen LogP contribution in [0.5, 0.6) is 11.5 Å². The number of carbonyl (C=O) groups is 1. The third-order valence-corrected chi connectivity index (χ3v) is 6.28. The quantitative estimate of drug-likeness (QED) is 0.363. The second-order valence-corrected chi connectivity index (χ2v) is 8.50. The predicted molar refractivity (Wildman–Crippen MR) is 126 cm³/mol. The van der Waals surface area contributed by atoms with Gasteiger partial charge in [0.05, 0.1) is 19.9 Å². The number of carbonyl (C=O) groups excluding carboxylic acids is 1. The predicted octanol–water partition coefficient (Wildman–Crippen LogP) is 6.23. The Kier molecular flexibility index (Phi) is 6.54. The van der Waals surface area contributed by atoms with Crippen LogP contribution in [0.15, 0.2) is 88.0 Å². The van der Waals surface area contributed by atoms with Crippen molar-refractivity contribution in [3.05, 3.63) is 83.7 Å². The number of aromatic nitrogens is 1. The second-order valence-electron chi connectivity index (χ2n) is 6.50. The molecule has 31 heavy (non-hydrogen) atoms. The van der Waals surface area contributed by atoms with E-state index in [1.54, 1.807) is 26.0 Å². The maximum absolute atomic E-state index is 12.6. The van der Waals surface area contributed by atoms with E-state index in [0.717, 1.165) is 21.0 Å². The Morgan fingerprint density at radius 2 is 1.68 bits per heavy atom. The zero-order valence-electron chi connectivity index (χ0n) is 17.0. The monoisotopic (exact) mass is 448 g/mol. The summed E-state index contributed by atoms with van der Waals surface area (Å²) in [6.07, 6.45) is 0. The zero-order valence-corrected chi connectivity index (χ0v) is 18.6. The number of hydrogen-bond donors (Lipinski definition) is 1. The highest BCUT2D eigenvalue weighted by Crippen LogP contribution is 2.35. The molecule has 0 aliphatic rings. The van der Waals surface area contributed by atoms with E-state index in [-0.39, 0.29) is 5.91 Å². The van der Waals surface area contributed by atoms with Crippen LogP contribution in [0, 0.1) is 0 Å². The molecule has 0 aliphatic carbocycles. The maximum Gasteiger partial charge on any atom is 0.257 e. The van der Waals surface area contributed by atoms with Crippen molar-refractivity contribution in [2.24, 2.45) is 0 Å². The number of hydrogen-bond acceptors (Lipinski definition) is 6. The number of anilines is 1. The fourth-order valence-corrected chi connectivity index (χ4v) is 4.48. The number of amides is 1. The van der Waals surface area contributed by atoms with Crippen molar-refractivity contribution in [1.82, 2.24) is 4.98 Å². The Hall–Kier alpha value is -3.29. The van der Waals surface area contributed by atoms with E-state index in [9.17, 15) is 4.79 Å². The van der Waals surface area contributed by atoms with E-state index in [1.807, 2.05) is 66.0 Å². The summed E-state index contributed by atoms with van der Waals surface area (Å²) in [5, 5.41) is 5.29. The highest BCUT2D eigenvalue weighted by atomic mass is 32.2. The number of thiazole rings is 1. The molecule has 0 aliphatic heterocycles. The van der Waals surface area contributed by atoms with Gasteiger partial charge in [-0.05, 0) is 48.5 Å². The van der Waals surface area contributed by atoms with Gasteiger partial charge in [-0.2, -0.15) is 0 Å². The third kappa shape index (κ3) is 5.07. The van der Waals surface area contributed by atoms with Crippen LogP contribution in [-0.4, -0.2) is 25.1 Å². The molecule has 0 atom stereocenters. The van der Waals surface area contributed by atoms with Gasteiger partial charge in [0.2, 0.25) is 0 Å². The van der Waals surface area contributed by atoms with E-state index in [2.05, 4.69) is 22.4 Å². The number of ether oxygens (including phenoxy) is 2. The average Bonchev–Trinajstić information content (AvgIpc) is 3.28. The van der Waals surface area contributed by atoms with Gasteiger partial charge in [-0.25, -0.2) is 4.98 Å². The first kappa shape index (κ1) is 21.0. The molecule has 0 saturated carbocycles. The maximum atomic E-state index is 12.6. The Morgan fingerprint density at radius 3 is 2.39 bits per heavy atom. The first-order valence-corrected chi connectivity index (χ1v) is 11.2. The number of nitrogens with one attached hydrogen (secondary N) is 1. The van der Waals surface area contributed by atoms with Crippen molar-refractivity contribution < 1.29 is 14.3 Å². The first-order valence-electron chi connectivity index (χ1n) is 9.48. The normalized spacial score (nSPS) is 10.5. The van der Waals surface area contributed by atoms with Crippen LogP contribution < -0.4 is 14.8 Å². The molecule has 0 radical (unpaired) electrons. The summed E-state index contributed by atoms with van der Waals surface area (Å²) in [6.45, 7) is 0. The average molecular weight is 449 g/mol. The molecular weight excluding hydrogens is 428 g/mol. The summed E-state index contributed by atoms with van der Waals surface area (Å²) < 4.78 is 10.7. The van der Waals surface area contributed by atoms with E-state index >= 15 is 0 Å². The minimum Gasteiger partial charge on any atom is -0.497 e. The lowest BCUT2D eigenvalue weighted by atomic mass is 10.1. The summed E-state index contributed by atoms with van der Waals surface area (Å²) in [6, 6.07) is 23.2. The van der Waals surface area contributed by atoms with Crippen molar-refractivity contribution in [3.8, 4) is 22.8 Å². The van der Waals surface area contributed by atoms with Gasteiger partial charge < -0.3 is 9.47 Å². The van der Waals surface area contributed by atoms with Gasteiger partial charge in [-0.15, -0.1) is 11.3 Å². The van der Waals surface area contributed by atoms with Gasteiger partial charge in [-0.1, -0.05) is 30.0 Å². The molecule has 1 heterocycles. The molecule has 0 unspecified atom stereocenters. The molecule has 1 N–H and O–H groups in total. The molecule has 0 bridgehead atoms.